The number of fused-ring (bicyclic) bond motifs is 1. The molecule has 5 heteroatoms. The number of rotatable bonds is 3. The molecule has 1 N–H and O–H groups in total. The first-order valence-corrected chi connectivity index (χ1v) is 5.31. The Kier molecular flexibility index (Phi) is 2.94. The molecule has 0 bridgehead atoms. The van der Waals surface area contributed by atoms with E-state index in [9.17, 15) is 4.79 Å². The summed E-state index contributed by atoms with van der Waals surface area (Å²) in [6.07, 6.45) is 0. The van der Waals surface area contributed by atoms with E-state index >= 15 is 0 Å². The van der Waals surface area contributed by atoms with E-state index in [4.69, 9.17) is 11.6 Å². The van der Waals surface area contributed by atoms with Crippen molar-refractivity contribution in [1.29, 1.82) is 0 Å². The van der Waals surface area contributed by atoms with Crippen molar-refractivity contribution < 1.29 is 4.79 Å². The second kappa shape index (κ2) is 4.23. The number of aromatic nitrogens is 2. The molecule has 0 radical (unpaired) electrons. The molecule has 2 rings (SSSR count). The van der Waals surface area contributed by atoms with Crippen molar-refractivity contribution in [2.75, 3.05) is 13.6 Å². The van der Waals surface area contributed by atoms with Gasteiger partial charge in [-0.05, 0) is 19.2 Å². The van der Waals surface area contributed by atoms with Gasteiger partial charge in [0, 0.05) is 18.0 Å². The maximum atomic E-state index is 11.7. The van der Waals surface area contributed by atoms with Crippen molar-refractivity contribution in [1.82, 2.24) is 15.1 Å². The Morgan fingerprint density at radius 1 is 1.56 bits per heavy atom. The first-order chi connectivity index (χ1) is 7.63. The van der Waals surface area contributed by atoms with E-state index < -0.39 is 0 Å². The van der Waals surface area contributed by atoms with Gasteiger partial charge in [-0.3, -0.25) is 9.48 Å². The van der Waals surface area contributed by atoms with Gasteiger partial charge in [-0.2, -0.15) is 5.10 Å². The predicted molar refractivity (Wildman–Crippen MR) is 64.0 cm³/mol. The first-order valence-electron chi connectivity index (χ1n) is 4.93. The molecular formula is C11H12ClN3O. The SMILES string of the molecule is CNCC(=O)c1ccc2c(Cl)nn(C)c2c1. The van der Waals surface area contributed by atoms with Crippen LogP contribution in [0.15, 0.2) is 18.2 Å². The minimum Gasteiger partial charge on any atom is -0.313 e. The van der Waals surface area contributed by atoms with Crippen LogP contribution in [0.1, 0.15) is 10.4 Å². The largest absolute Gasteiger partial charge is 0.313 e. The number of aryl methyl sites for hydroxylation is 1. The normalized spacial score (nSPS) is 10.9. The summed E-state index contributed by atoms with van der Waals surface area (Å²) in [5.41, 5.74) is 1.54. The van der Waals surface area contributed by atoms with Gasteiger partial charge in [-0.1, -0.05) is 17.7 Å². The highest BCUT2D eigenvalue weighted by Gasteiger charge is 2.10. The third-order valence-electron chi connectivity index (χ3n) is 2.47. The van der Waals surface area contributed by atoms with Gasteiger partial charge < -0.3 is 5.32 Å². The number of nitrogens with one attached hydrogen (secondary N) is 1. The van der Waals surface area contributed by atoms with Crippen LogP contribution in [0.3, 0.4) is 0 Å². The molecule has 0 fully saturated rings. The third-order valence-corrected chi connectivity index (χ3v) is 2.74. The smallest absolute Gasteiger partial charge is 0.176 e. The molecule has 0 aliphatic carbocycles. The highest BCUT2D eigenvalue weighted by molar-refractivity contribution is 6.34. The van der Waals surface area contributed by atoms with E-state index in [1.54, 1.807) is 24.8 Å². The van der Waals surface area contributed by atoms with Gasteiger partial charge in [0.25, 0.3) is 0 Å². The number of carbonyl (C=O) groups excluding carboxylic acids is 1. The molecule has 84 valence electrons. The number of hydrogen-bond donors (Lipinski definition) is 1. The van der Waals surface area contributed by atoms with E-state index in [1.165, 1.54) is 0 Å². The Balaban J connectivity index is 2.51. The lowest BCUT2D eigenvalue weighted by molar-refractivity contribution is 0.0993. The van der Waals surface area contributed by atoms with Crippen molar-refractivity contribution in [2.45, 2.75) is 0 Å². The van der Waals surface area contributed by atoms with Crippen LogP contribution in [-0.4, -0.2) is 29.2 Å². The van der Waals surface area contributed by atoms with E-state index in [1.807, 2.05) is 12.1 Å². The number of carbonyl (C=O) groups is 1. The number of nitrogens with zero attached hydrogens (tertiary/aromatic N) is 2. The number of hydrogen-bond acceptors (Lipinski definition) is 3. The van der Waals surface area contributed by atoms with Crippen LogP contribution in [0.4, 0.5) is 0 Å². The molecule has 0 unspecified atom stereocenters. The Morgan fingerprint density at radius 2 is 2.31 bits per heavy atom. The second-order valence-electron chi connectivity index (χ2n) is 3.60. The van der Waals surface area contributed by atoms with Gasteiger partial charge in [0.15, 0.2) is 10.9 Å². The summed E-state index contributed by atoms with van der Waals surface area (Å²) in [6, 6.07) is 5.41. The summed E-state index contributed by atoms with van der Waals surface area (Å²) >= 11 is 5.94. The number of benzene rings is 1. The molecule has 0 aliphatic rings. The summed E-state index contributed by atoms with van der Waals surface area (Å²) in [4.78, 5) is 11.7. The lowest BCUT2D eigenvalue weighted by Gasteiger charge is -2.01. The zero-order valence-electron chi connectivity index (χ0n) is 9.12. The standard InChI is InChI=1S/C11H12ClN3O/c1-13-6-10(16)7-3-4-8-9(5-7)15(2)14-11(8)12/h3-5,13H,6H2,1-2H3. The highest BCUT2D eigenvalue weighted by Crippen LogP contribution is 2.23. The van der Waals surface area contributed by atoms with Crippen molar-refractivity contribution in [3.05, 3.63) is 28.9 Å². The summed E-state index contributed by atoms with van der Waals surface area (Å²) in [6.45, 7) is 0.330. The number of ketones is 1. The van der Waals surface area contributed by atoms with E-state index in [0.717, 1.165) is 10.9 Å². The average Bonchev–Trinajstić information content (AvgIpc) is 2.55. The van der Waals surface area contributed by atoms with Crippen molar-refractivity contribution in [3.8, 4) is 0 Å². The predicted octanol–water partition coefficient (Wildman–Crippen LogP) is 1.63. The van der Waals surface area contributed by atoms with Crippen LogP contribution >= 0.6 is 11.6 Å². The van der Waals surface area contributed by atoms with Crippen LogP contribution in [0.5, 0.6) is 0 Å². The Morgan fingerprint density at radius 3 is 3.00 bits per heavy atom. The maximum Gasteiger partial charge on any atom is 0.176 e. The molecule has 0 spiro atoms. The quantitative estimate of drug-likeness (QED) is 0.826. The number of halogens is 1. The molecule has 0 saturated heterocycles. The monoisotopic (exact) mass is 237 g/mol. The molecular weight excluding hydrogens is 226 g/mol. The molecule has 4 nitrogen and oxygen atoms in total. The van der Waals surface area contributed by atoms with Gasteiger partial charge in [0.05, 0.1) is 12.1 Å². The molecule has 2 aromatic rings. The van der Waals surface area contributed by atoms with E-state index in [0.29, 0.717) is 17.3 Å². The van der Waals surface area contributed by atoms with Crippen molar-refractivity contribution >= 4 is 28.3 Å². The Hall–Kier alpha value is -1.39. The summed E-state index contributed by atoms with van der Waals surface area (Å²) in [7, 11) is 3.55. The summed E-state index contributed by atoms with van der Waals surface area (Å²) in [5, 5.41) is 8.26. The molecule has 0 saturated carbocycles. The Labute approximate surface area is 98.2 Å². The van der Waals surface area contributed by atoms with Crippen molar-refractivity contribution in [3.63, 3.8) is 0 Å². The van der Waals surface area contributed by atoms with Gasteiger partial charge in [0.2, 0.25) is 0 Å². The van der Waals surface area contributed by atoms with E-state index in [2.05, 4.69) is 10.4 Å². The molecule has 1 aromatic carbocycles. The molecule has 0 atom stereocenters. The highest BCUT2D eigenvalue weighted by atomic mass is 35.5. The lowest BCUT2D eigenvalue weighted by Crippen LogP contribution is -2.18. The average molecular weight is 238 g/mol. The van der Waals surface area contributed by atoms with Crippen LogP contribution in [0, 0.1) is 0 Å². The molecule has 0 amide bonds. The topological polar surface area (TPSA) is 46.9 Å². The first kappa shape index (κ1) is 11.1. The number of likely N-dealkylation sites (N-methyl/N-ethyl adjacent to an activating group) is 1. The fourth-order valence-corrected chi connectivity index (χ4v) is 1.92. The molecule has 16 heavy (non-hydrogen) atoms. The van der Waals surface area contributed by atoms with Gasteiger partial charge >= 0.3 is 0 Å². The fraction of sp³-hybridized carbons (Fsp3) is 0.273. The minimum atomic E-state index is 0.0572. The molecule has 1 aromatic heterocycles. The minimum absolute atomic E-state index is 0.0572. The number of Topliss-reactive ketones (excluding diaryl/α,β-unsaturated/α-hetero) is 1. The van der Waals surface area contributed by atoms with Crippen LogP contribution in [-0.2, 0) is 7.05 Å². The zero-order chi connectivity index (χ0) is 11.7. The molecule has 0 aliphatic heterocycles. The van der Waals surface area contributed by atoms with Crippen molar-refractivity contribution in [2.24, 2.45) is 7.05 Å². The van der Waals surface area contributed by atoms with Gasteiger partial charge in [-0.25, -0.2) is 0 Å². The van der Waals surface area contributed by atoms with Crippen LogP contribution in [0.2, 0.25) is 5.15 Å². The molecule has 1 heterocycles. The van der Waals surface area contributed by atoms with Crippen LogP contribution in [0.25, 0.3) is 10.9 Å². The Bertz CT molecular complexity index is 547. The van der Waals surface area contributed by atoms with Crippen LogP contribution < -0.4 is 5.32 Å². The fourth-order valence-electron chi connectivity index (χ4n) is 1.65. The third kappa shape index (κ3) is 1.81. The second-order valence-corrected chi connectivity index (χ2v) is 3.96. The lowest BCUT2D eigenvalue weighted by atomic mass is 10.1. The van der Waals surface area contributed by atoms with Gasteiger partial charge in [-0.15, -0.1) is 0 Å². The summed E-state index contributed by atoms with van der Waals surface area (Å²) in [5.74, 6) is 0.0572. The summed E-state index contributed by atoms with van der Waals surface area (Å²) < 4.78 is 1.67. The zero-order valence-corrected chi connectivity index (χ0v) is 9.88. The van der Waals surface area contributed by atoms with E-state index in [-0.39, 0.29) is 5.78 Å². The van der Waals surface area contributed by atoms with Gasteiger partial charge in [0.1, 0.15) is 0 Å². The maximum absolute atomic E-state index is 11.7.